The first-order valence-corrected chi connectivity index (χ1v) is 9.28. The Morgan fingerprint density at radius 3 is 2.85 bits per heavy atom. The van der Waals surface area contributed by atoms with Crippen LogP contribution in [-0.2, 0) is 13.0 Å². The predicted molar refractivity (Wildman–Crippen MR) is 102 cm³/mol. The van der Waals surface area contributed by atoms with Gasteiger partial charge in [0.1, 0.15) is 11.6 Å². The van der Waals surface area contributed by atoms with E-state index in [0.29, 0.717) is 22.1 Å². The van der Waals surface area contributed by atoms with Gasteiger partial charge < -0.3 is 9.88 Å². The number of rotatable bonds is 3. The number of aromatic nitrogens is 3. The molecule has 138 valence electrons. The first kappa shape index (κ1) is 17.7. The highest BCUT2D eigenvalue weighted by Gasteiger charge is 2.18. The predicted octanol–water partition coefficient (Wildman–Crippen LogP) is 4.72. The van der Waals surface area contributed by atoms with Gasteiger partial charge in [-0.25, -0.2) is 4.39 Å². The molecule has 1 aromatic heterocycles. The zero-order valence-electron chi connectivity index (χ0n) is 14.6. The monoisotopic (exact) mass is 384 g/mol. The highest BCUT2D eigenvalue weighted by Crippen LogP contribution is 2.31. The number of nitrogens with one attached hydrogen (secondary N) is 1. The van der Waals surface area contributed by atoms with Gasteiger partial charge >= 0.3 is 0 Å². The van der Waals surface area contributed by atoms with Gasteiger partial charge in [0.25, 0.3) is 5.91 Å². The molecule has 0 saturated carbocycles. The van der Waals surface area contributed by atoms with Crippen LogP contribution in [0.4, 0.5) is 10.1 Å². The van der Waals surface area contributed by atoms with Crippen molar-refractivity contribution in [2.24, 2.45) is 0 Å². The zero-order valence-corrected chi connectivity index (χ0v) is 15.3. The van der Waals surface area contributed by atoms with E-state index in [9.17, 15) is 9.18 Å². The summed E-state index contributed by atoms with van der Waals surface area (Å²) in [4.78, 5) is 12.4. The van der Waals surface area contributed by atoms with Crippen molar-refractivity contribution < 1.29 is 9.18 Å². The minimum Gasteiger partial charge on any atom is -0.322 e. The SMILES string of the molecule is O=C(Nc1ccc(Cl)c(-c2nnc3n2CCCCC3)c1)c1cccc(F)c1. The number of hydrogen-bond acceptors (Lipinski definition) is 3. The van der Waals surface area contributed by atoms with Gasteiger partial charge in [0.15, 0.2) is 5.82 Å². The van der Waals surface area contributed by atoms with Crippen LogP contribution in [-0.4, -0.2) is 20.7 Å². The van der Waals surface area contributed by atoms with E-state index in [1.54, 1.807) is 24.3 Å². The molecule has 1 N–H and O–H groups in total. The highest BCUT2D eigenvalue weighted by molar-refractivity contribution is 6.33. The smallest absolute Gasteiger partial charge is 0.255 e. The van der Waals surface area contributed by atoms with Crippen LogP contribution in [0.3, 0.4) is 0 Å². The number of benzene rings is 2. The minimum atomic E-state index is -0.453. The van der Waals surface area contributed by atoms with Crippen LogP contribution in [0.1, 0.15) is 35.4 Å². The summed E-state index contributed by atoms with van der Waals surface area (Å²) in [7, 11) is 0. The lowest BCUT2D eigenvalue weighted by Gasteiger charge is -2.11. The lowest BCUT2D eigenvalue weighted by molar-refractivity contribution is 0.102. The first-order chi connectivity index (χ1) is 13.1. The van der Waals surface area contributed by atoms with E-state index in [0.717, 1.165) is 31.6 Å². The molecule has 1 aliphatic rings. The number of carbonyl (C=O) groups excluding carboxylic acids is 1. The third kappa shape index (κ3) is 3.71. The highest BCUT2D eigenvalue weighted by atomic mass is 35.5. The van der Waals surface area contributed by atoms with Crippen molar-refractivity contribution in [2.45, 2.75) is 32.2 Å². The Balaban J connectivity index is 1.64. The summed E-state index contributed by atoms with van der Waals surface area (Å²) in [5.74, 6) is 0.833. The van der Waals surface area contributed by atoms with Crippen LogP contribution in [0.5, 0.6) is 0 Å². The van der Waals surface area contributed by atoms with Crippen LogP contribution in [0.15, 0.2) is 42.5 Å². The molecule has 0 atom stereocenters. The lowest BCUT2D eigenvalue weighted by atomic mass is 10.1. The second-order valence-corrected chi connectivity index (χ2v) is 6.97. The molecule has 0 unspecified atom stereocenters. The molecule has 0 radical (unpaired) electrons. The summed E-state index contributed by atoms with van der Waals surface area (Å²) in [6, 6.07) is 10.8. The average Bonchev–Trinajstić information content (AvgIpc) is 2.91. The molecular formula is C20H18ClFN4O. The first-order valence-electron chi connectivity index (χ1n) is 8.91. The van der Waals surface area contributed by atoms with E-state index in [2.05, 4.69) is 20.1 Å². The Labute approximate surface area is 161 Å². The van der Waals surface area contributed by atoms with Crippen LogP contribution in [0, 0.1) is 5.82 Å². The number of fused-ring (bicyclic) bond motifs is 1. The fourth-order valence-electron chi connectivity index (χ4n) is 3.29. The zero-order chi connectivity index (χ0) is 18.8. The Morgan fingerprint density at radius 1 is 1.11 bits per heavy atom. The van der Waals surface area contributed by atoms with Gasteiger partial charge in [0.05, 0.1) is 5.02 Å². The van der Waals surface area contributed by atoms with Crippen molar-refractivity contribution in [3.8, 4) is 11.4 Å². The Kier molecular flexibility index (Phi) is 4.90. The topological polar surface area (TPSA) is 59.8 Å². The molecule has 0 bridgehead atoms. The van der Waals surface area contributed by atoms with Crippen molar-refractivity contribution in [1.82, 2.24) is 14.8 Å². The van der Waals surface area contributed by atoms with Gasteiger partial charge in [-0.3, -0.25) is 4.79 Å². The Bertz CT molecular complexity index is 1000. The molecule has 0 saturated heterocycles. The normalized spacial score (nSPS) is 13.7. The third-order valence-corrected chi connectivity index (χ3v) is 4.99. The van der Waals surface area contributed by atoms with Gasteiger partial charge in [0, 0.05) is 29.8 Å². The molecule has 0 aliphatic carbocycles. The Hall–Kier alpha value is -2.73. The summed E-state index contributed by atoms with van der Waals surface area (Å²) in [5, 5.41) is 12.0. The van der Waals surface area contributed by atoms with Crippen LogP contribution < -0.4 is 5.32 Å². The fraction of sp³-hybridized carbons (Fsp3) is 0.250. The number of nitrogens with zero attached hydrogens (tertiary/aromatic N) is 3. The Morgan fingerprint density at radius 2 is 2.00 bits per heavy atom. The molecule has 1 aliphatic heterocycles. The summed E-state index contributed by atoms with van der Waals surface area (Å²) in [6.07, 6.45) is 4.25. The number of anilines is 1. The quantitative estimate of drug-likeness (QED) is 0.711. The van der Waals surface area contributed by atoms with Crippen LogP contribution in [0.2, 0.25) is 5.02 Å². The van der Waals surface area contributed by atoms with Crippen molar-refractivity contribution >= 4 is 23.2 Å². The number of amides is 1. The standard InChI is InChI=1S/C20H18ClFN4O/c21-17-9-8-15(23-20(27)13-5-4-6-14(22)11-13)12-16(17)19-25-24-18-7-2-1-3-10-26(18)19/h4-6,8-9,11-12H,1-3,7,10H2,(H,23,27). The van der Waals surface area contributed by atoms with E-state index in [1.807, 2.05) is 0 Å². The number of hydrogen-bond donors (Lipinski definition) is 1. The van der Waals surface area contributed by atoms with E-state index >= 15 is 0 Å². The summed E-state index contributed by atoms with van der Waals surface area (Å²) < 4.78 is 15.5. The maximum atomic E-state index is 13.3. The molecule has 5 nitrogen and oxygen atoms in total. The average molecular weight is 385 g/mol. The summed E-state index contributed by atoms with van der Waals surface area (Å²) in [6.45, 7) is 0.855. The molecule has 0 fully saturated rings. The lowest BCUT2D eigenvalue weighted by Crippen LogP contribution is -2.12. The van der Waals surface area contributed by atoms with Crippen LogP contribution in [0.25, 0.3) is 11.4 Å². The van der Waals surface area contributed by atoms with Gasteiger partial charge in [-0.15, -0.1) is 10.2 Å². The van der Waals surface area contributed by atoms with Gasteiger partial charge in [-0.05, 0) is 49.2 Å². The van der Waals surface area contributed by atoms with Gasteiger partial charge in [0.2, 0.25) is 0 Å². The largest absolute Gasteiger partial charge is 0.322 e. The molecular weight excluding hydrogens is 367 g/mol. The summed E-state index contributed by atoms with van der Waals surface area (Å²) in [5.41, 5.74) is 1.53. The van der Waals surface area contributed by atoms with Crippen molar-refractivity contribution in [3.05, 3.63) is 64.7 Å². The van der Waals surface area contributed by atoms with E-state index in [1.165, 1.54) is 24.6 Å². The number of halogens is 2. The minimum absolute atomic E-state index is 0.253. The van der Waals surface area contributed by atoms with Crippen LogP contribution >= 0.6 is 11.6 Å². The van der Waals surface area contributed by atoms with Crippen molar-refractivity contribution in [1.29, 1.82) is 0 Å². The molecule has 3 aromatic rings. The molecule has 2 aromatic carbocycles. The van der Waals surface area contributed by atoms with Crippen molar-refractivity contribution in [2.75, 3.05) is 5.32 Å². The summed E-state index contributed by atoms with van der Waals surface area (Å²) >= 11 is 6.40. The third-order valence-electron chi connectivity index (χ3n) is 4.66. The van der Waals surface area contributed by atoms with E-state index in [-0.39, 0.29) is 11.5 Å². The second-order valence-electron chi connectivity index (χ2n) is 6.56. The number of carbonyl (C=O) groups is 1. The second kappa shape index (κ2) is 7.48. The van der Waals surface area contributed by atoms with E-state index < -0.39 is 5.82 Å². The van der Waals surface area contributed by atoms with Crippen molar-refractivity contribution in [3.63, 3.8) is 0 Å². The molecule has 27 heavy (non-hydrogen) atoms. The van der Waals surface area contributed by atoms with Gasteiger partial charge in [-0.2, -0.15) is 0 Å². The molecule has 0 spiro atoms. The van der Waals surface area contributed by atoms with Gasteiger partial charge in [-0.1, -0.05) is 24.1 Å². The molecule has 1 amide bonds. The molecule has 2 heterocycles. The fourth-order valence-corrected chi connectivity index (χ4v) is 3.49. The maximum absolute atomic E-state index is 13.3. The molecule has 4 rings (SSSR count). The maximum Gasteiger partial charge on any atom is 0.255 e. The number of aryl methyl sites for hydroxylation is 1. The molecule has 7 heteroatoms. The van der Waals surface area contributed by atoms with E-state index in [4.69, 9.17) is 11.6 Å².